The minimum Gasteiger partial charge on any atom is -0.465 e. The van der Waals surface area contributed by atoms with Gasteiger partial charge in [0.05, 0.1) is 6.10 Å². The first-order chi connectivity index (χ1) is 12.6. The van der Waals surface area contributed by atoms with Crippen molar-refractivity contribution in [3.05, 3.63) is 55.1 Å². The molecule has 0 aliphatic rings. The average molecular weight is 379 g/mol. The molecule has 3 N–H and O–H groups in total. The van der Waals surface area contributed by atoms with Crippen LogP contribution >= 0.6 is 11.9 Å². The Balaban J connectivity index is 2.63. The molecule has 0 aliphatic heterocycles. The van der Waals surface area contributed by atoms with Crippen LogP contribution in [0.5, 0.6) is 0 Å². The van der Waals surface area contributed by atoms with Crippen molar-refractivity contribution in [3.8, 4) is 0 Å². The molecular weight excluding hydrogens is 348 g/mol. The number of hydrogen-bond donors (Lipinski definition) is 3. The largest absolute Gasteiger partial charge is 0.465 e. The van der Waals surface area contributed by atoms with Crippen molar-refractivity contribution in [2.24, 2.45) is 0 Å². The number of allylic oxidation sites excluding steroid dienone is 1. The molecule has 1 unspecified atom stereocenters. The molecule has 1 atom stereocenters. The van der Waals surface area contributed by atoms with E-state index < -0.39 is 12.2 Å². The fourth-order valence-corrected chi connectivity index (χ4v) is 3.52. The van der Waals surface area contributed by atoms with Gasteiger partial charge in [-0.3, -0.25) is 0 Å². The second kappa shape index (κ2) is 13.4. The zero-order chi connectivity index (χ0) is 19.2. The van der Waals surface area contributed by atoms with Crippen LogP contribution in [0.1, 0.15) is 43.8 Å². The lowest BCUT2D eigenvalue weighted by molar-refractivity contribution is 0.181. The van der Waals surface area contributed by atoms with E-state index in [4.69, 9.17) is 5.11 Å². The molecular formula is C20H30N2O3S. The van der Waals surface area contributed by atoms with Gasteiger partial charge in [-0.25, -0.2) is 9.10 Å². The zero-order valence-electron chi connectivity index (χ0n) is 15.3. The van der Waals surface area contributed by atoms with Gasteiger partial charge in [0.2, 0.25) is 0 Å². The monoisotopic (exact) mass is 378 g/mol. The van der Waals surface area contributed by atoms with Crippen molar-refractivity contribution in [2.75, 3.05) is 19.6 Å². The Labute approximate surface area is 160 Å². The summed E-state index contributed by atoms with van der Waals surface area (Å²) >= 11 is 1.65. The van der Waals surface area contributed by atoms with E-state index in [1.807, 2.05) is 30.3 Å². The molecule has 0 fully saturated rings. The lowest BCUT2D eigenvalue weighted by atomic mass is 10.1. The fourth-order valence-electron chi connectivity index (χ4n) is 2.45. The van der Waals surface area contributed by atoms with Crippen molar-refractivity contribution in [1.29, 1.82) is 0 Å². The maximum Gasteiger partial charge on any atom is 0.404 e. The van der Waals surface area contributed by atoms with Crippen LogP contribution in [0.25, 0.3) is 0 Å². The molecule has 1 aromatic carbocycles. The molecule has 6 heteroatoms. The molecule has 0 saturated carbocycles. The average Bonchev–Trinajstić information content (AvgIpc) is 2.62. The van der Waals surface area contributed by atoms with Gasteiger partial charge in [-0.15, -0.1) is 13.2 Å². The molecule has 1 rings (SSSR count). The Hall–Kier alpha value is -1.76. The van der Waals surface area contributed by atoms with Crippen LogP contribution in [0.2, 0.25) is 0 Å². The van der Waals surface area contributed by atoms with Crippen LogP contribution < -0.4 is 5.32 Å². The summed E-state index contributed by atoms with van der Waals surface area (Å²) in [6.07, 6.45) is 6.55. The van der Waals surface area contributed by atoms with Gasteiger partial charge in [-0.1, -0.05) is 24.3 Å². The summed E-state index contributed by atoms with van der Waals surface area (Å²) in [5.74, 6) is 0. The van der Waals surface area contributed by atoms with Gasteiger partial charge in [0.15, 0.2) is 0 Å². The number of carboxylic acid groups (broad SMARTS) is 1. The maximum absolute atomic E-state index is 10.6. The number of aliphatic hydroxyl groups is 1. The summed E-state index contributed by atoms with van der Waals surface area (Å²) in [6.45, 7) is 9.58. The predicted molar refractivity (Wildman–Crippen MR) is 108 cm³/mol. The third-order valence-electron chi connectivity index (χ3n) is 3.79. The lowest BCUT2D eigenvalue weighted by Crippen LogP contribution is -2.26. The van der Waals surface area contributed by atoms with Gasteiger partial charge in [0.25, 0.3) is 0 Å². The third-order valence-corrected chi connectivity index (χ3v) is 4.88. The summed E-state index contributed by atoms with van der Waals surface area (Å²) in [7, 11) is 0. The van der Waals surface area contributed by atoms with E-state index in [1.54, 1.807) is 18.0 Å². The Kier molecular flexibility index (Phi) is 11.5. The van der Waals surface area contributed by atoms with E-state index in [-0.39, 0.29) is 0 Å². The van der Waals surface area contributed by atoms with Crippen LogP contribution in [0.15, 0.2) is 54.5 Å². The van der Waals surface area contributed by atoms with E-state index in [2.05, 4.69) is 22.8 Å². The standard InChI is InChI=1S/C20H30N2O3S/c1-3-5-6-7-14-22(15-9-13-21-20(24)25)26-18-12-8-11-17(16-18)19(23)10-4-2/h3-4,8,11-12,16,19,21,23H,1-2,5-7,9-10,13-15H2,(H,24,25). The molecule has 0 aromatic heterocycles. The number of benzene rings is 1. The summed E-state index contributed by atoms with van der Waals surface area (Å²) in [5, 5.41) is 21.2. The number of amides is 1. The number of hydrogen-bond acceptors (Lipinski definition) is 4. The molecule has 26 heavy (non-hydrogen) atoms. The van der Waals surface area contributed by atoms with Gasteiger partial charge in [0, 0.05) is 24.5 Å². The second-order valence-electron chi connectivity index (χ2n) is 6.00. The SMILES string of the molecule is C=CCCCCN(CCCNC(=O)O)Sc1cccc(C(O)CC=C)c1. The van der Waals surface area contributed by atoms with Crippen LogP contribution in [0.3, 0.4) is 0 Å². The molecule has 0 spiro atoms. The number of nitrogens with one attached hydrogen (secondary N) is 1. The van der Waals surface area contributed by atoms with E-state index in [9.17, 15) is 9.90 Å². The van der Waals surface area contributed by atoms with Gasteiger partial charge in [0.1, 0.15) is 0 Å². The van der Waals surface area contributed by atoms with E-state index in [0.29, 0.717) is 13.0 Å². The minimum atomic E-state index is -0.987. The highest BCUT2D eigenvalue weighted by molar-refractivity contribution is 7.97. The molecule has 0 aliphatic carbocycles. The minimum absolute atomic E-state index is 0.442. The first-order valence-electron chi connectivity index (χ1n) is 8.96. The molecule has 0 bridgehead atoms. The highest BCUT2D eigenvalue weighted by atomic mass is 32.2. The lowest BCUT2D eigenvalue weighted by Gasteiger charge is -2.21. The third kappa shape index (κ3) is 9.65. The summed E-state index contributed by atoms with van der Waals surface area (Å²) in [4.78, 5) is 11.6. The summed E-state index contributed by atoms with van der Waals surface area (Å²) in [5.41, 5.74) is 0.883. The van der Waals surface area contributed by atoms with Gasteiger partial charge in [-0.05, 0) is 61.7 Å². The molecule has 144 valence electrons. The van der Waals surface area contributed by atoms with Gasteiger partial charge >= 0.3 is 6.09 Å². The maximum atomic E-state index is 10.6. The Morgan fingerprint density at radius 2 is 2.00 bits per heavy atom. The number of aliphatic hydroxyl groups excluding tert-OH is 1. The van der Waals surface area contributed by atoms with Crippen molar-refractivity contribution in [1.82, 2.24) is 9.62 Å². The van der Waals surface area contributed by atoms with E-state index >= 15 is 0 Å². The normalized spacial score (nSPS) is 11.9. The highest BCUT2D eigenvalue weighted by Crippen LogP contribution is 2.27. The van der Waals surface area contributed by atoms with Crippen LogP contribution in [-0.2, 0) is 0 Å². The highest BCUT2D eigenvalue weighted by Gasteiger charge is 2.10. The van der Waals surface area contributed by atoms with Crippen molar-refractivity contribution in [3.63, 3.8) is 0 Å². The first kappa shape index (κ1) is 22.3. The van der Waals surface area contributed by atoms with Crippen LogP contribution in [0, 0.1) is 0 Å². The van der Waals surface area contributed by atoms with E-state index in [1.165, 1.54) is 0 Å². The molecule has 1 amide bonds. The van der Waals surface area contributed by atoms with Crippen molar-refractivity contribution in [2.45, 2.75) is 43.1 Å². The van der Waals surface area contributed by atoms with Crippen molar-refractivity contribution < 1.29 is 15.0 Å². The van der Waals surface area contributed by atoms with Crippen LogP contribution in [0.4, 0.5) is 4.79 Å². The van der Waals surface area contributed by atoms with E-state index in [0.717, 1.165) is 49.2 Å². The molecule has 1 aromatic rings. The van der Waals surface area contributed by atoms with Crippen molar-refractivity contribution >= 4 is 18.0 Å². The Bertz CT molecular complexity index is 566. The second-order valence-corrected chi connectivity index (χ2v) is 7.17. The topological polar surface area (TPSA) is 72.8 Å². The zero-order valence-corrected chi connectivity index (χ0v) is 16.1. The molecule has 0 saturated heterocycles. The van der Waals surface area contributed by atoms with Gasteiger partial charge < -0.3 is 15.5 Å². The molecule has 0 radical (unpaired) electrons. The first-order valence-corrected chi connectivity index (χ1v) is 9.73. The van der Waals surface area contributed by atoms with Crippen LogP contribution in [-0.4, -0.2) is 40.2 Å². The number of rotatable bonds is 14. The number of carbonyl (C=O) groups is 1. The molecule has 0 heterocycles. The quantitative estimate of drug-likeness (QED) is 0.250. The molecule has 5 nitrogen and oxygen atoms in total. The summed E-state index contributed by atoms with van der Waals surface area (Å²) < 4.78 is 2.26. The number of unbranched alkanes of at least 4 members (excludes halogenated alkanes) is 2. The Morgan fingerprint density at radius 1 is 1.23 bits per heavy atom. The smallest absolute Gasteiger partial charge is 0.404 e. The fraction of sp³-hybridized carbons (Fsp3) is 0.450. The Morgan fingerprint density at radius 3 is 2.69 bits per heavy atom. The predicted octanol–water partition coefficient (Wildman–Crippen LogP) is 4.62. The number of nitrogens with zero attached hydrogens (tertiary/aromatic N) is 1. The summed E-state index contributed by atoms with van der Waals surface area (Å²) in [6, 6.07) is 7.90. The van der Waals surface area contributed by atoms with Gasteiger partial charge in [-0.2, -0.15) is 0 Å².